The van der Waals surface area contributed by atoms with Crippen molar-refractivity contribution in [3.8, 4) is 0 Å². The lowest BCUT2D eigenvalue weighted by Crippen LogP contribution is -1.84. The molecular weight excluding hydrogens is 170 g/mol. The van der Waals surface area contributed by atoms with E-state index in [1.807, 2.05) is 31.5 Å². The van der Waals surface area contributed by atoms with Crippen molar-refractivity contribution in [1.29, 1.82) is 0 Å². The van der Waals surface area contributed by atoms with Crippen molar-refractivity contribution in [2.75, 3.05) is 0 Å². The van der Waals surface area contributed by atoms with Gasteiger partial charge in [-0.25, -0.2) is 0 Å². The average Bonchev–Trinajstić information content (AvgIpc) is 2.27. The maximum Gasteiger partial charge on any atom is 0.0355 e. The van der Waals surface area contributed by atoms with Gasteiger partial charge in [0.15, 0.2) is 0 Å². The zero-order chi connectivity index (χ0) is 9.97. The van der Waals surface area contributed by atoms with Crippen molar-refractivity contribution in [3.63, 3.8) is 0 Å². The molecule has 0 unspecified atom stereocenters. The molecule has 1 aromatic carbocycles. The van der Waals surface area contributed by atoms with E-state index in [1.54, 1.807) is 0 Å². The molecule has 1 heterocycles. The standard InChI is InChI=1S/C13H11N/c1-3-10(2)13-9-14-8-11-6-4-5-7-12(11)13/h4-9H,1H2,2H3. The molecule has 0 aliphatic carbocycles. The summed E-state index contributed by atoms with van der Waals surface area (Å²) >= 11 is 0. The summed E-state index contributed by atoms with van der Waals surface area (Å²) in [6.07, 6.45) is 3.73. The molecule has 0 saturated carbocycles. The number of hydrogen-bond acceptors (Lipinski definition) is 1. The molecule has 0 N–H and O–H groups in total. The van der Waals surface area contributed by atoms with Crippen LogP contribution in [0, 0.1) is 0 Å². The quantitative estimate of drug-likeness (QED) is 0.614. The Labute approximate surface area is 83.4 Å². The number of aromatic nitrogens is 1. The first-order valence-electron chi connectivity index (χ1n) is 4.52. The Hall–Kier alpha value is -1.85. The van der Waals surface area contributed by atoms with Crippen molar-refractivity contribution in [3.05, 3.63) is 54.5 Å². The number of allylic oxidation sites excluding steroid dienone is 1. The van der Waals surface area contributed by atoms with E-state index in [1.165, 1.54) is 5.39 Å². The lowest BCUT2D eigenvalue weighted by molar-refractivity contribution is 1.34. The molecule has 0 amide bonds. The second-order valence-corrected chi connectivity index (χ2v) is 3.21. The summed E-state index contributed by atoms with van der Waals surface area (Å²) in [5.41, 5.74) is 5.05. The molecule has 0 saturated heterocycles. The molecule has 0 spiro atoms. The molecule has 1 aromatic heterocycles. The molecule has 68 valence electrons. The van der Waals surface area contributed by atoms with Gasteiger partial charge in [0.25, 0.3) is 0 Å². The Morgan fingerprint density at radius 2 is 2.07 bits per heavy atom. The van der Waals surface area contributed by atoms with Crippen LogP contribution < -0.4 is 0 Å². The predicted molar refractivity (Wildman–Crippen MR) is 60.0 cm³/mol. The van der Waals surface area contributed by atoms with Crippen LogP contribution in [0.15, 0.2) is 49.0 Å². The van der Waals surface area contributed by atoms with Crippen molar-refractivity contribution in [2.24, 2.45) is 0 Å². The molecule has 2 rings (SSSR count). The SMILES string of the molecule is C=C=C(C)c1cncc2ccccc12. The van der Waals surface area contributed by atoms with Gasteiger partial charge in [-0.15, -0.1) is 5.73 Å². The third-order valence-corrected chi connectivity index (χ3v) is 2.34. The topological polar surface area (TPSA) is 12.9 Å². The normalized spacial score (nSPS) is 9.79. The summed E-state index contributed by atoms with van der Waals surface area (Å²) in [5, 5.41) is 2.36. The molecular formula is C13H11N. The van der Waals surface area contributed by atoms with Gasteiger partial charge in [-0.3, -0.25) is 4.98 Å². The molecule has 1 heteroatoms. The van der Waals surface area contributed by atoms with Crippen molar-refractivity contribution >= 4 is 16.3 Å². The van der Waals surface area contributed by atoms with E-state index in [9.17, 15) is 0 Å². The minimum atomic E-state index is 1.04. The van der Waals surface area contributed by atoms with Gasteiger partial charge in [0.2, 0.25) is 0 Å². The summed E-state index contributed by atoms with van der Waals surface area (Å²) in [7, 11) is 0. The molecule has 0 atom stereocenters. The molecule has 0 radical (unpaired) electrons. The van der Waals surface area contributed by atoms with Crippen molar-refractivity contribution in [2.45, 2.75) is 6.92 Å². The van der Waals surface area contributed by atoms with Crippen LogP contribution in [-0.4, -0.2) is 4.98 Å². The lowest BCUT2D eigenvalue weighted by Gasteiger charge is -2.03. The zero-order valence-electron chi connectivity index (χ0n) is 8.12. The van der Waals surface area contributed by atoms with Gasteiger partial charge < -0.3 is 0 Å². The van der Waals surface area contributed by atoms with Crippen molar-refractivity contribution < 1.29 is 0 Å². The Kier molecular flexibility index (Phi) is 2.18. The fraction of sp³-hybridized carbons (Fsp3) is 0.0769. The minimum absolute atomic E-state index is 1.04. The van der Waals surface area contributed by atoms with Crippen LogP contribution in [0.3, 0.4) is 0 Å². The summed E-state index contributed by atoms with van der Waals surface area (Å²) in [6, 6.07) is 8.19. The first-order valence-corrected chi connectivity index (χ1v) is 4.52. The first-order chi connectivity index (χ1) is 6.83. The Balaban J connectivity index is 2.84. The smallest absolute Gasteiger partial charge is 0.0355 e. The van der Waals surface area contributed by atoms with E-state index >= 15 is 0 Å². The fourth-order valence-corrected chi connectivity index (χ4v) is 1.51. The van der Waals surface area contributed by atoms with Gasteiger partial charge >= 0.3 is 0 Å². The molecule has 0 aliphatic heterocycles. The van der Waals surface area contributed by atoms with E-state index in [0.717, 1.165) is 16.5 Å². The predicted octanol–water partition coefficient (Wildman–Crippen LogP) is 3.42. The molecule has 0 aliphatic rings. The van der Waals surface area contributed by atoms with Crippen LogP contribution in [0.5, 0.6) is 0 Å². The van der Waals surface area contributed by atoms with E-state index in [4.69, 9.17) is 0 Å². The van der Waals surface area contributed by atoms with Crippen LogP contribution in [0.4, 0.5) is 0 Å². The average molecular weight is 181 g/mol. The maximum atomic E-state index is 4.19. The maximum absolute atomic E-state index is 4.19. The number of fused-ring (bicyclic) bond motifs is 1. The Morgan fingerprint density at radius 1 is 1.29 bits per heavy atom. The van der Waals surface area contributed by atoms with Gasteiger partial charge in [-0.1, -0.05) is 30.8 Å². The zero-order valence-corrected chi connectivity index (χ0v) is 8.12. The molecule has 2 aromatic rings. The number of nitrogens with zero attached hydrogens (tertiary/aromatic N) is 1. The fourth-order valence-electron chi connectivity index (χ4n) is 1.51. The summed E-state index contributed by atoms with van der Waals surface area (Å²) in [4.78, 5) is 4.19. The number of rotatable bonds is 1. The van der Waals surface area contributed by atoms with E-state index in [2.05, 4.69) is 29.4 Å². The third kappa shape index (κ3) is 1.34. The van der Waals surface area contributed by atoms with Gasteiger partial charge in [-0.05, 0) is 17.9 Å². The number of hydrogen-bond donors (Lipinski definition) is 0. The highest BCUT2D eigenvalue weighted by molar-refractivity contribution is 5.92. The summed E-state index contributed by atoms with van der Waals surface area (Å²) < 4.78 is 0. The van der Waals surface area contributed by atoms with Crippen LogP contribution in [0.25, 0.3) is 16.3 Å². The summed E-state index contributed by atoms with van der Waals surface area (Å²) in [6.45, 7) is 5.65. The van der Waals surface area contributed by atoms with Gasteiger partial charge in [0.1, 0.15) is 0 Å². The van der Waals surface area contributed by atoms with Crippen LogP contribution in [0.1, 0.15) is 12.5 Å². The van der Waals surface area contributed by atoms with E-state index < -0.39 is 0 Å². The molecule has 0 bridgehead atoms. The highest BCUT2D eigenvalue weighted by Gasteiger charge is 2.01. The summed E-state index contributed by atoms with van der Waals surface area (Å²) in [5.74, 6) is 0. The number of pyridine rings is 1. The molecule has 0 fully saturated rings. The Bertz CT molecular complexity index is 514. The largest absolute Gasteiger partial charge is 0.263 e. The monoisotopic (exact) mass is 181 g/mol. The number of benzene rings is 1. The van der Waals surface area contributed by atoms with Gasteiger partial charge in [0.05, 0.1) is 0 Å². The first kappa shape index (κ1) is 8.74. The van der Waals surface area contributed by atoms with Crippen LogP contribution in [-0.2, 0) is 0 Å². The van der Waals surface area contributed by atoms with Crippen LogP contribution >= 0.6 is 0 Å². The lowest BCUT2D eigenvalue weighted by atomic mass is 10.0. The van der Waals surface area contributed by atoms with E-state index in [-0.39, 0.29) is 0 Å². The van der Waals surface area contributed by atoms with Crippen molar-refractivity contribution in [1.82, 2.24) is 4.98 Å². The highest BCUT2D eigenvalue weighted by atomic mass is 14.6. The molecule has 1 nitrogen and oxygen atoms in total. The second-order valence-electron chi connectivity index (χ2n) is 3.21. The van der Waals surface area contributed by atoms with Gasteiger partial charge in [0, 0.05) is 23.3 Å². The second kappa shape index (κ2) is 3.49. The highest BCUT2D eigenvalue weighted by Crippen LogP contribution is 2.22. The molecule has 14 heavy (non-hydrogen) atoms. The van der Waals surface area contributed by atoms with Crippen LogP contribution in [0.2, 0.25) is 0 Å². The van der Waals surface area contributed by atoms with Gasteiger partial charge in [-0.2, -0.15) is 0 Å². The minimum Gasteiger partial charge on any atom is -0.263 e. The third-order valence-electron chi connectivity index (χ3n) is 2.34. The Morgan fingerprint density at radius 3 is 2.86 bits per heavy atom. The van der Waals surface area contributed by atoms with E-state index in [0.29, 0.717) is 0 Å².